The van der Waals surface area contributed by atoms with Gasteiger partial charge >= 0.3 is 6.18 Å². The fourth-order valence-corrected chi connectivity index (χ4v) is 2.66. The lowest BCUT2D eigenvalue weighted by molar-refractivity contribution is -0.137. The molecule has 0 saturated heterocycles. The van der Waals surface area contributed by atoms with Crippen LogP contribution in [0.2, 0.25) is 0 Å². The van der Waals surface area contributed by atoms with Crippen LogP contribution in [0, 0.1) is 6.92 Å². The quantitative estimate of drug-likeness (QED) is 0.481. The maximum Gasteiger partial charge on any atom is 0.416 e. The smallest absolute Gasteiger partial charge is 0.383 e. The molecule has 0 bridgehead atoms. The number of carbonyl (C=O) groups excluding carboxylic acids is 1. The molecular weight excluding hydrogens is 383 g/mol. The van der Waals surface area contributed by atoms with Gasteiger partial charge in [0.05, 0.1) is 16.8 Å². The first-order valence-corrected chi connectivity index (χ1v) is 8.63. The number of allylic oxidation sites excluding steroid dienone is 1. The van der Waals surface area contributed by atoms with Gasteiger partial charge in [-0.05, 0) is 41.6 Å². The fraction of sp³-hybridized carbons (Fsp3) is 0.200. The first-order chi connectivity index (χ1) is 13.7. The SMILES string of the molecule is Cc1ccc(-n2nnnc2/C(=C/N(C)C)C(=O)c2ccc(C(F)(F)F)cc2)cc1. The number of carbonyl (C=O) groups is 1. The number of nitrogens with zero attached hydrogens (tertiary/aromatic N) is 5. The number of rotatable bonds is 5. The van der Waals surface area contributed by atoms with E-state index in [0.29, 0.717) is 5.69 Å². The third kappa shape index (κ3) is 4.50. The molecule has 3 rings (SSSR count). The zero-order chi connectivity index (χ0) is 21.2. The van der Waals surface area contributed by atoms with E-state index in [4.69, 9.17) is 0 Å². The van der Waals surface area contributed by atoms with E-state index in [-0.39, 0.29) is 17.0 Å². The first-order valence-electron chi connectivity index (χ1n) is 8.63. The van der Waals surface area contributed by atoms with Crippen LogP contribution in [0.25, 0.3) is 11.3 Å². The molecule has 3 aromatic rings. The molecule has 2 aromatic carbocycles. The van der Waals surface area contributed by atoms with Gasteiger partial charge in [0.1, 0.15) is 0 Å². The molecule has 150 valence electrons. The van der Waals surface area contributed by atoms with Gasteiger partial charge in [0.15, 0.2) is 11.6 Å². The van der Waals surface area contributed by atoms with Gasteiger partial charge in [-0.2, -0.15) is 17.9 Å². The Morgan fingerprint density at radius 2 is 1.66 bits per heavy atom. The summed E-state index contributed by atoms with van der Waals surface area (Å²) in [6.07, 6.45) is -2.93. The van der Waals surface area contributed by atoms with Crippen LogP contribution in [0.3, 0.4) is 0 Å². The molecule has 1 heterocycles. The fourth-order valence-electron chi connectivity index (χ4n) is 2.66. The van der Waals surface area contributed by atoms with Crippen molar-refractivity contribution in [3.8, 4) is 5.69 Å². The lowest BCUT2D eigenvalue weighted by Gasteiger charge is -2.12. The molecule has 0 N–H and O–H groups in total. The van der Waals surface area contributed by atoms with Gasteiger partial charge in [0.2, 0.25) is 0 Å². The van der Waals surface area contributed by atoms with Crippen molar-refractivity contribution in [2.45, 2.75) is 13.1 Å². The Hall–Kier alpha value is -3.49. The van der Waals surface area contributed by atoms with Crippen molar-refractivity contribution in [1.82, 2.24) is 25.1 Å². The Labute approximate surface area is 165 Å². The molecule has 0 unspecified atom stereocenters. The lowest BCUT2D eigenvalue weighted by atomic mass is 10.0. The zero-order valence-corrected chi connectivity index (χ0v) is 16.0. The number of Topliss-reactive ketones (excluding diaryl/α,β-unsaturated/α-hetero) is 1. The van der Waals surface area contributed by atoms with Crippen molar-refractivity contribution in [3.05, 3.63) is 77.2 Å². The Bertz CT molecular complexity index is 1040. The predicted octanol–water partition coefficient (Wildman–Crippen LogP) is 3.77. The monoisotopic (exact) mass is 401 g/mol. The molecule has 0 spiro atoms. The van der Waals surface area contributed by atoms with Crippen LogP contribution in [0.4, 0.5) is 13.2 Å². The summed E-state index contributed by atoms with van der Waals surface area (Å²) in [6, 6.07) is 11.4. The van der Waals surface area contributed by atoms with Gasteiger partial charge in [0, 0.05) is 25.9 Å². The summed E-state index contributed by atoms with van der Waals surface area (Å²) in [5.41, 5.74) is 1.13. The van der Waals surface area contributed by atoms with Crippen LogP contribution in [0.1, 0.15) is 27.3 Å². The predicted molar refractivity (Wildman–Crippen MR) is 101 cm³/mol. The molecule has 6 nitrogen and oxygen atoms in total. The third-order valence-electron chi connectivity index (χ3n) is 4.10. The van der Waals surface area contributed by atoms with Gasteiger partial charge in [-0.15, -0.1) is 5.10 Å². The number of hydrogen-bond acceptors (Lipinski definition) is 5. The summed E-state index contributed by atoms with van der Waals surface area (Å²) >= 11 is 0. The maximum atomic E-state index is 13.1. The molecule has 0 amide bonds. The van der Waals surface area contributed by atoms with Crippen molar-refractivity contribution < 1.29 is 18.0 Å². The molecule has 29 heavy (non-hydrogen) atoms. The second-order valence-electron chi connectivity index (χ2n) is 6.66. The number of tetrazole rings is 1. The van der Waals surface area contributed by atoms with E-state index in [2.05, 4.69) is 15.5 Å². The van der Waals surface area contributed by atoms with Crippen LogP contribution in [-0.4, -0.2) is 45.0 Å². The lowest BCUT2D eigenvalue weighted by Crippen LogP contribution is -2.14. The van der Waals surface area contributed by atoms with Gasteiger partial charge < -0.3 is 4.90 Å². The van der Waals surface area contributed by atoms with E-state index in [1.54, 1.807) is 19.0 Å². The number of alkyl halides is 3. The van der Waals surface area contributed by atoms with Crippen LogP contribution in [0.5, 0.6) is 0 Å². The highest BCUT2D eigenvalue weighted by Gasteiger charge is 2.30. The minimum absolute atomic E-state index is 0.101. The van der Waals surface area contributed by atoms with Crippen molar-refractivity contribution in [2.75, 3.05) is 14.1 Å². The summed E-state index contributed by atoms with van der Waals surface area (Å²) in [5, 5.41) is 11.6. The van der Waals surface area contributed by atoms with Crippen molar-refractivity contribution in [1.29, 1.82) is 0 Å². The minimum Gasteiger partial charge on any atom is -0.383 e. The summed E-state index contributed by atoms with van der Waals surface area (Å²) in [5.74, 6) is -0.303. The number of aryl methyl sites for hydroxylation is 1. The van der Waals surface area contributed by atoms with E-state index in [1.165, 1.54) is 10.9 Å². The number of halogens is 3. The van der Waals surface area contributed by atoms with E-state index >= 15 is 0 Å². The molecule has 9 heteroatoms. The average molecular weight is 401 g/mol. The van der Waals surface area contributed by atoms with Crippen LogP contribution >= 0.6 is 0 Å². The third-order valence-corrected chi connectivity index (χ3v) is 4.10. The first kappa shape index (κ1) is 20.2. The number of hydrogen-bond donors (Lipinski definition) is 0. The van der Waals surface area contributed by atoms with Crippen molar-refractivity contribution in [3.63, 3.8) is 0 Å². The van der Waals surface area contributed by atoms with Gasteiger partial charge in [-0.3, -0.25) is 4.79 Å². The van der Waals surface area contributed by atoms with Gasteiger partial charge in [-0.25, -0.2) is 0 Å². The minimum atomic E-state index is -4.47. The molecule has 0 fully saturated rings. The second kappa shape index (κ2) is 7.86. The molecule has 0 atom stereocenters. The Morgan fingerprint density at radius 1 is 1.03 bits per heavy atom. The molecule has 0 saturated carbocycles. The summed E-state index contributed by atoms with van der Waals surface area (Å²) in [7, 11) is 3.44. The molecule has 0 radical (unpaired) electrons. The standard InChI is InChI=1S/C20H18F3N5O/c1-13-4-10-16(11-5-13)28-19(24-25-26-28)17(12-27(2)3)18(29)14-6-8-15(9-7-14)20(21,22)23/h4-12H,1-3H3/b17-12+. The Kier molecular flexibility index (Phi) is 5.49. The average Bonchev–Trinajstić information content (AvgIpc) is 3.15. The number of aromatic nitrogens is 4. The highest BCUT2D eigenvalue weighted by molar-refractivity contribution is 6.28. The van der Waals surface area contributed by atoms with Gasteiger partial charge in [-0.1, -0.05) is 29.8 Å². The normalized spacial score (nSPS) is 12.1. The van der Waals surface area contributed by atoms with E-state index in [0.717, 1.165) is 29.8 Å². The summed E-state index contributed by atoms with van der Waals surface area (Å²) in [6.45, 7) is 1.94. The van der Waals surface area contributed by atoms with E-state index < -0.39 is 17.5 Å². The molecule has 0 aliphatic rings. The topological polar surface area (TPSA) is 63.9 Å². The maximum absolute atomic E-state index is 13.1. The van der Waals surface area contributed by atoms with Crippen LogP contribution in [0.15, 0.2) is 54.7 Å². The highest BCUT2D eigenvalue weighted by Crippen LogP contribution is 2.30. The molecule has 0 aliphatic carbocycles. The van der Waals surface area contributed by atoms with Crippen LogP contribution < -0.4 is 0 Å². The zero-order valence-electron chi connectivity index (χ0n) is 16.0. The molecule has 1 aromatic heterocycles. The van der Waals surface area contributed by atoms with E-state index in [9.17, 15) is 18.0 Å². The Balaban J connectivity index is 2.03. The highest BCUT2D eigenvalue weighted by atomic mass is 19.4. The number of benzene rings is 2. The number of ketones is 1. The molecular formula is C20H18F3N5O. The van der Waals surface area contributed by atoms with Crippen molar-refractivity contribution in [2.24, 2.45) is 0 Å². The second-order valence-corrected chi connectivity index (χ2v) is 6.66. The van der Waals surface area contributed by atoms with Crippen LogP contribution in [-0.2, 0) is 6.18 Å². The molecule has 0 aliphatic heterocycles. The summed E-state index contributed by atoms with van der Waals surface area (Å²) in [4.78, 5) is 14.7. The largest absolute Gasteiger partial charge is 0.416 e. The van der Waals surface area contributed by atoms with Crippen molar-refractivity contribution >= 4 is 11.4 Å². The van der Waals surface area contributed by atoms with E-state index in [1.807, 2.05) is 31.2 Å². The Morgan fingerprint density at radius 3 is 2.21 bits per heavy atom. The summed E-state index contributed by atoms with van der Waals surface area (Å²) < 4.78 is 39.8. The van der Waals surface area contributed by atoms with Gasteiger partial charge in [0.25, 0.3) is 0 Å².